The van der Waals surface area contributed by atoms with Crippen molar-refractivity contribution >= 4 is 37.1 Å². The number of nitro groups is 1. The zero-order valence-corrected chi connectivity index (χ0v) is 17.4. The van der Waals surface area contributed by atoms with Crippen molar-refractivity contribution in [3.05, 3.63) is 63.7 Å². The first kappa shape index (κ1) is 22.3. The van der Waals surface area contributed by atoms with Gasteiger partial charge in [-0.25, -0.2) is 16.8 Å². The van der Waals surface area contributed by atoms with E-state index < -0.39 is 42.4 Å². The molecule has 1 amide bonds. The topological polar surface area (TPSA) is 153 Å². The van der Waals surface area contributed by atoms with Crippen LogP contribution in [-0.4, -0.2) is 40.2 Å². The average molecular weight is 441 g/mol. The summed E-state index contributed by atoms with van der Waals surface area (Å²) >= 11 is 0. The number of nitrogens with one attached hydrogen (secondary N) is 2. The van der Waals surface area contributed by atoms with E-state index in [1.54, 1.807) is 19.1 Å². The maximum atomic E-state index is 12.6. The summed E-state index contributed by atoms with van der Waals surface area (Å²) in [6.07, 6.45) is 1.89. The van der Waals surface area contributed by atoms with Gasteiger partial charge in [-0.05, 0) is 30.7 Å². The van der Waals surface area contributed by atoms with E-state index >= 15 is 0 Å². The third-order valence-corrected chi connectivity index (χ3v) is 5.53. The van der Waals surface area contributed by atoms with Gasteiger partial charge in [0.15, 0.2) is 9.84 Å². The van der Waals surface area contributed by atoms with Crippen molar-refractivity contribution in [2.75, 3.05) is 17.2 Å². The molecule has 0 aromatic heterocycles. The van der Waals surface area contributed by atoms with Crippen molar-refractivity contribution in [3.63, 3.8) is 0 Å². The lowest BCUT2D eigenvalue weighted by atomic mass is 10.1. The van der Waals surface area contributed by atoms with Crippen LogP contribution in [0.5, 0.6) is 0 Å². The summed E-state index contributed by atoms with van der Waals surface area (Å²) in [6, 6.07) is 8.67. The van der Waals surface area contributed by atoms with Gasteiger partial charge in [0.2, 0.25) is 10.0 Å². The van der Waals surface area contributed by atoms with Crippen LogP contribution in [0, 0.1) is 10.1 Å². The number of sulfone groups is 1. The predicted octanol–water partition coefficient (Wildman–Crippen LogP) is 1.86. The van der Waals surface area contributed by atoms with Crippen LogP contribution in [0.2, 0.25) is 0 Å². The Morgan fingerprint density at radius 2 is 1.72 bits per heavy atom. The molecule has 2 rings (SSSR count). The fourth-order valence-electron chi connectivity index (χ4n) is 2.48. The maximum Gasteiger partial charge on any atom is 0.271 e. The number of anilines is 1. The van der Waals surface area contributed by atoms with Gasteiger partial charge in [-0.3, -0.25) is 19.6 Å². The second-order valence-corrected chi connectivity index (χ2v) is 10.2. The second-order valence-electron chi connectivity index (χ2n) is 6.44. The number of hydrogen-bond acceptors (Lipinski definition) is 7. The fraction of sp³-hybridized carbons (Fsp3) is 0.235. The molecular weight excluding hydrogens is 422 g/mol. The third-order valence-electron chi connectivity index (χ3n) is 3.83. The smallest absolute Gasteiger partial charge is 0.271 e. The molecule has 0 spiro atoms. The lowest BCUT2D eigenvalue weighted by Crippen LogP contribution is -2.27. The summed E-state index contributed by atoms with van der Waals surface area (Å²) < 4.78 is 48.6. The van der Waals surface area contributed by atoms with E-state index in [1.807, 2.05) is 0 Å². The number of non-ortho nitro benzene ring substituents is 1. The fourth-order valence-corrected chi connectivity index (χ4v) is 3.71. The lowest BCUT2D eigenvalue weighted by molar-refractivity contribution is -0.385. The van der Waals surface area contributed by atoms with Gasteiger partial charge in [-0.1, -0.05) is 12.1 Å². The molecule has 0 bridgehead atoms. The number of benzene rings is 2. The Labute approximate surface area is 168 Å². The number of rotatable bonds is 7. The molecule has 2 N–H and O–H groups in total. The lowest BCUT2D eigenvalue weighted by Gasteiger charge is -2.16. The minimum Gasteiger partial charge on any atom is -0.346 e. The molecule has 0 fully saturated rings. The zero-order chi connectivity index (χ0) is 22.0. The molecule has 12 heteroatoms. The Morgan fingerprint density at radius 1 is 1.07 bits per heavy atom. The molecule has 0 aliphatic rings. The number of hydrogen-bond donors (Lipinski definition) is 2. The number of nitrogens with zero attached hydrogens (tertiary/aromatic N) is 1. The van der Waals surface area contributed by atoms with Crippen molar-refractivity contribution < 1.29 is 26.6 Å². The molecular formula is C17H19N3O7S2. The van der Waals surface area contributed by atoms with Crippen LogP contribution in [0.25, 0.3) is 0 Å². The predicted molar refractivity (Wildman–Crippen MR) is 107 cm³/mol. The minimum absolute atomic E-state index is 0.183. The summed E-state index contributed by atoms with van der Waals surface area (Å²) in [6.45, 7) is 1.63. The van der Waals surface area contributed by atoms with E-state index in [9.17, 15) is 31.7 Å². The molecule has 2 aromatic rings. The number of sulfonamides is 1. The first-order valence-corrected chi connectivity index (χ1v) is 11.9. The van der Waals surface area contributed by atoms with Gasteiger partial charge < -0.3 is 5.32 Å². The van der Waals surface area contributed by atoms with Crippen molar-refractivity contribution in [1.29, 1.82) is 0 Å². The van der Waals surface area contributed by atoms with Gasteiger partial charge in [0.25, 0.3) is 11.6 Å². The van der Waals surface area contributed by atoms with Crippen LogP contribution in [0.3, 0.4) is 0 Å². The monoisotopic (exact) mass is 441 g/mol. The molecule has 2 aromatic carbocycles. The van der Waals surface area contributed by atoms with Crippen molar-refractivity contribution in [1.82, 2.24) is 5.32 Å². The Morgan fingerprint density at radius 3 is 2.28 bits per heavy atom. The molecule has 156 valence electrons. The molecule has 0 saturated carbocycles. The Bertz CT molecular complexity index is 1180. The molecule has 1 atom stereocenters. The summed E-state index contributed by atoms with van der Waals surface area (Å²) in [4.78, 5) is 22.5. The van der Waals surface area contributed by atoms with Crippen LogP contribution in [0.1, 0.15) is 28.9 Å². The minimum atomic E-state index is -3.77. The number of nitro benzene ring substituents is 1. The van der Waals surface area contributed by atoms with Crippen LogP contribution in [0.15, 0.2) is 47.4 Å². The summed E-state index contributed by atoms with van der Waals surface area (Å²) in [7, 11) is -7.24. The van der Waals surface area contributed by atoms with Crippen LogP contribution >= 0.6 is 0 Å². The van der Waals surface area contributed by atoms with E-state index in [0.717, 1.165) is 30.7 Å². The zero-order valence-electron chi connectivity index (χ0n) is 15.7. The van der Waals surface area contributed by atoms with E-state index in [-0.39, 0.29) is 10.5 Å². The van der Waals surface area contributed by atoms with Gasteiger partial charge in [0.05, 0.1) is 22.1 Å². The van der Waals surface area contributed by atoms with Crippen molar-refractivity contribution in [3.8, 4) is 0 Å². The summed E-state index contributed by atoms with van der Waals surface area (Å²) in [5, 5.41) is 13.7. The molecule has 29 heavy (non-hydrogen) atoms. The Kier molecular flexibility index (Phi) is 6.28. The molecule has 0 aliphatic carbocycles. The van der Waals surface area contributed by atoms with Gasteiger partial charge in [0, 0.05) is 29.6 Å². The number of amides is 1. The third kappa shape index (κ3) is 6.26. The van der Waals surface area contributed by atoms with E-state index in [1.165, 1.54) is 12.1 Å². The Balaban J connectivity index is 2.31. The van der Waals surface area contributed by atoms with E-state index in [4.69, 9.17) is 0 Å². The molecule has 1 unspecified atom stereocenters. The number of carbonyl (C=O) groups is 1. The molecule has 0 saturated heterocycles. The van der Waals surface area contributed by atoms with Crippen LogP contribution < -0.4 is 10.0 Å². The quantitative estimate of drug-likeness (QED) is 0.491. The standard InChI is InChI=1S/C17H19N3O7S2/c1-11(12-5-4-6-14(7-12)19-29(3,26)27)18-17(21)13-8-15(20(22)23)10-16(9-13)28(2,24)25/h4-11,19H,1-3H3,(H,18,21). The highest BCUT2D eigenvalue weighted by molar-refractivity contribution is 7.92. The average Bonchev–Trinajstić information content (AvgIpc) is 2.59. The molecule has 10 nitrogen and oxygen atoms in total. The SMILES string of the molecule is CC(NC(=O)c1cc([N+](=O)[O-])cc(S(C)(=O)=O)c1)c1cccc(NS(C)(=O)=O)c1. The highest BCUT2D eigenvalue weighted by Crippen LogP contribution is 2.23. The summed E-state index contributed by atoms with van der Waals surface area (Å²) in [5.74, 6) is -0.715. The maximum absolute atomic E-state index is 12.6. The van der Waals surface area contributed by atoms with Gasteiger partial charge >= 0.3 is 0 Å². The van der Waals surface area contributed by atoms with Gasteiger partial charge in [-0.15, -0.1) is 0 Å². The van der Waals surface area contributed by atoms with E-state index in [0.29, 0.717) is 11.3 Å². The van der Waals surface area contributed by atoms with E-state index in [2.05, 4.69) is 10.0 Å². The molecule has 0 aliphatic heterocycles. The second kappa shape index (κ2) is 8.17. The van der Waals surface area contributed by atoms with Gasteiger partial charge in [0.1, 0.15) is 0 Å². The summed E-state index contributed by atoms with van der Waals surface area (Å²) in [5.41, 5.74) is 0.170. The van der Waals surface area contributed by atoms with Gasteiger partial charge in [-0.2, -0.15) is 0 Å². The first-order chi connectivity index (χ1) is 13.3. The van der Waals surface area contributed by atoms with Crippen molar-refractivity contribution in [2.45, 2.75) is 17.9 Å². The molecule has 0 radical (unpaired) electrons. The first-order valence-electron chi connectivity index (χ1n) is 8.14. The largest absolute Gasteiger partial charge is 0.346 e. The van der Waals surface area contributed by atoms with Crippen LogP contribution in [0.4, 0.5) is 11.4 Å². The molecule has 0 heterocycles. The number of carbonyl (C=O) groups excluding carboxylic acids is 1. The highest BCUT2D eigenvalue weighted by Gasteiger charge is 2.20. The Hall–Kier alpha value is -2.99. The highest BCUT2D eigenvalue weighted by atomic mass is 32.2. The normalized spacial score (nSPS) is 12.8. The van der Waals surface area contributed by atoms with Crippen molar-refractivity contribution in [2.24, 2.45) is 0 Å². The van der Waals surface area contributed by atoms with Crippen LogP contribution in [-0.2, 0) is 19.9 Å².